The summed E-state index contributed by atoms with van der Waals surface area (Å²) in [6.07, 6.45) is 0. The largest absolute Gasteiger partial charge is 0.494 e. The molecule has 0 spiro atoms. The molecule has 4 nitrogen and oxygen atoms in total. The van der Waals surface area contributed by atoms with E-state index in [1.54, 1.807) is 6.07 Å². The van der Waals surface area contributed by atoms with E-state index < -0.39 is 0 Å². The number of halogens is 1. The van der Waals surface area contributed by atoms with E-state index in [-0.39, 0.29) is 17.6 Å². The highest BCUT2D eigenvalue weighted by atomic mass is 19.1. The Morgan fingerprint density at radius 3 is 2.53 bits per heavy atom. The Morgan fingerprint density at radius 2 is 2.00 bits per heavy atom. The summed E-state index contributed by atoms with van der Waals surface area (Å²) in [6.45, 7) is 4.47. The van der Waals surface area contributed by atoms with Gasteiger partial charge in [0.2, 0.25) is 0 Å². The molecule has 1 aromatic carbocycles. The number of rotatable bonds is 4. The van der Waals surface area contributed by atoms with Crippen LogP contribution in [0.4, 0.5) is 4.39 Å². The molecular weight excluding hydrogens is 245 g/mol. The van der Waals surface area contributed by atoms with Crippen molar-refractivity contribution in [3.05, 3.63) is 29.6 Å². The summed E-state index contributed by atoms with van der Waals surface area (Å²) < 4.78 is 18.7. The van der Waals surface area contributed by atoms with E-state index in [4.69, 9.17) is 10.5 Å². The Hall–Kier alpha value is -1.17. The van der Waals surface area contributed by atoms with Gasteiger partial charge in [0, 0.05) is 38.8 Å². The van der Waals surface area contributed by atoms with Crippen LogP contribution in [0.1, 0.15) is 11.6 Å². The van der Waals surface area contributed by atoms with Crippen molar-refractivity contribution in [2.24, 2.45) is 5.73 Å². The molecule has 1 unspecified atom stereocenters. The molecule has 2 rings (SSSR count). The van der Waals surface area contributed by atoms with E-state index in [9.17, 15) is 4.39 Å². The fourth-order valence-corrected chi connectivity index (χ4v) is 2.52. The molecule has 1 fully saturated rings. The van der Waals surface area contributed by atoms with E-state index in [0.29, 0.717) is 6.54 Å². The maximum Gasteiger partial charge on any atom is 0.165 e. The minimum atomic E-state index is -0.326. The SMILES string of the molecule is COc1ccc(C(CN)N2CCN(C)CC2)cc1F. The van der Waals surface area contributed by atoms with Gasteiger partial charge in [-0.25, -0.2) is 4.39 Å². The number of ether oxygens (including phenoxy) is 1. The van der Waals surface area contributed by atoms with Crippen molar-refractivity contribution in [3.8, 4) is 5.75 Å². The van der Waals surface area contributed by atoms with Crippen LogP contribution in [-0.4, -0.2) is 56.7 Å². The van der Waals surface area contributed by atoms with E-state index in [1.165, 1.54) is 13.2 Å². The van der Waals surface area contributed by atoms with Crippen molar-refractivity contribution in [2.75, 3.05) is 46.9 Å². The maximum absolute atomic E-state index is 13.8. The van der Waals surface area contributed by atoms with Crippen molar-refractivity contribution in [2.45, 2.75) is 6.04 Å². The topological polar surface area (TPSA) is 41.7 Å². The van der Waals surface area contributed by atoms with Gasteiger partial charge < -0.3 is 15.4 Å². The molecule has 1 aliphatic rings. The van der Waals surface area contributed by atoms with Gasteiger partial charge in [-0.3, -0.25) is 4.90 Å². The lowest BCUT2D eigenvalue weighted by molar-refractivity contribution is 0.114. The van der Waals surface area contributed by atoms with Gasteiger partial charge in [0.25, 0.3) is 0 Å². The van der Waals surface area contributed by atoms with Crippen LogP contribution in [0.25, 0.3) is 0 Å². The van der Waals surface area contributed by atoms with Crippen molar-refractivity contribution in [1.29, 1.82) is 0 Å². The smallest absolute Gasteiger partial charge is 0.165 e. The molecule has 1 heterocycles. The normalized spacial score (nSPS) is 19.4. The van der Waals surface area contributed by atoms with Gasteiger partial charge in [0.15, 0.2) is 11.6 Å². The Labute approximate surface area is 113 Å². The van der Waals surface area contributed by atoms with Gasteiger partial charge in [0.05, 0.1) is 7.11 Å². The van der Waals surface area contributed by atoms with Gasteiger partial charge in [-0.1, -0.05) is 6.07 Å². The van der Waals surface area contributed by atoms with Gasteiger partial charge in [0.1, 0.15) is 0 Å². The van der Waals surface area contributed by atoms with Crippen LogP contribution in [0, 0.1) is 5.82 Å². The highest BCUT2D eigenvalue weighted by molar-refractivity contribution is 5.31. The van der Waals surface area contributed by atoms with Crippen LogP contribution in [0.2, 0.25) is 0 Å². The summed E-state index contributed by atoms with van der Waals surface area (Å²) in [5.74, 6) is -0.0505. The van der Waals surface area contributed by atoms with Crippen molar-refractivity contribution in [3.63, 3.8) is 0 Å². The standard InChI is InChI=1S/C14H22FN3O/c1-17-5-7-18(8-6-17)13(10-16)11-3-4-14(19-2)12(15)9-11/h3-4,9,13H,5-8,10,16H2,1-2H3. The molecule has 2 N–H and O–H groups in total. The monoisotopic (exact) mass is 267 g/mol. The van der Waals surface area contributed by atoms with Gasteiger partial charge in [-0.2, -0.15) is 0 Å². The maximum atomic E-state index is 13.8. The number of piperazine rings is 1. The third-order valence-electron chi connectivity index (χ3n) is 3.76. The van der Waals surface area contributed by atoms with E-state index >= 15 is 0 Å². The van der Waals surface area contributed by atoms with Gasteiger partial charge in [-0.15, -0.1) is 0 Å². The first kappa shape index (κ1) is 14.2. The number of benzene rings is 1. The molecule has 0 aromatic heterocycles. The number of nitrogens with two attached hydrogens (primary N) is 1. The molecule has 106 valence electrons. The van der Waals surface area contributed by atoms with Gasteiger partial charge in [-0.05, 0) is 24.7 Å². The number of methoxy groups -OCH3 is 1. The number of hydrogen-bond donors (Lipinski definition) is 1. The lowest BCUT2D eigenvalue weighted by atomic mass is 10.0. The first-order valence-electron chi connectivity index (χ1n) is 6.61. The molecular formula is C14H22FN3O. The average molecular weight is 267 g/mol. The van der Waals surface area contributed by atoms with E-state index in [1.807, 2.05) is 6.07 Å². The predicted octanol–water partition coefficient (Wildman–Crippen LogP) is 1.08. The summed E-state index contributed by atoms with van der Waals surface area (Å²) in [5, 5.41) is 0. The average Bonchev–Trinajstić information content (AvgIpc) is 2.42. The summed E-state index contributed by atoms with van der Waals surface area (Å²) in [5.41, 5.74) is 6.80. The van der Waals surface area contributed by atoms with Crippen LogP contribution in [0.15, 0.2) is 18.2 Å². The molecule has 0 bridgehead atoms. The second-order valence-electron chi connectivity index (χ2n) is 4.98. The second kappa shape index (κ2) is 6.32. The molecule has 1 aromatic rings. The minimum absolute atomic E-state index is 0.0779. The summed E-state index contributed by atoms with van der Waals surface area (Å²) in [4.78, 5) is 4.61. The summed E-state index contributed by atoms with van der Waals surface area (Å²) in [7, 11) is 3.58. The van der Waals surface area contributed by atoms with Crippen molar-refractivity contribution >= 4 is 0 Å². The molecule has 1 saturated heterocycles. The number of likely N-dealkylation sites (N-methyl/N-ethyl adjacent to an activating group) is 1. The lowest BCUT2D eigenvalue weighted by Crippen LogP contribution is -2.47. The Balaban J connectivity index is 2.15. The van der Waals surface area contributed by atoms with Crippen LogP contribution in [0.5, 0.6) is 5.75 Å². The molecule has 0 amide bonds. The lowest BCUT2D eigenvalue weighted by Gasteiger charge is -2.37. The van der Waals surface area contributed by atoms with Gasteiger partial charge >= 0.3 is 0 Å². The number of hydrogen-bond acceptors (Lipinski definition) is 4. The highest BCUT2D eigenvalue weighted by Crippen LogP contribution is 2.25. The third kappa shape index (κ3) is 3.23. The Bertz CT molecular complexity index is 419. The Morgan fingerprint density at radius 1 is 1.32 bits per heavy atom. The molecule has 1 aliphatic heterocycles. The molecule has 0 aliphatic carbocycles. The van der Waals surface area contributed by atoms with Crippen LogP contribution in [-0.2, 0) is 0 Å². The summed E-state index contributed by atoms with van der Waals surface area (Å²) in [6, 6.07) is 5.18. The minimum Gasteiger partial charge on any atom is -0.494 e. The second-order valence-corrected chi connectivity index (χ2v) is 4.98. The third-order valence-corrected chi connectivity index (χ3v) is 3.76. The first-order valence-corrected chi connectivity index (χ1v) is 6.61. The predicted molar refractivity (Wildman–Crippen MR) is 73.8 cm³/mol. The zero-order valence-electron chi connectivity index (χ0n) is 11.6. The van der Waals surface area contributed by atoms with Crippen LogP contribution < -0.4 is 10.5 Å². The number of nitrogens with zero attached hydrogens (tertiary/aromatic N) is 2. The first-order chi connectivity index (χ1) is 9.15. The highest BCUT2D eigenvalue weighted by Gasteiger charge is 2.23. The van der Waals surface area contributed by atoms with Crippen molar-refractivity contribution < 1.29 is 9.13 Å². The Kier molecular flexibility index (Phi) is 4.74. The van der Waals surface area contributed by atoms with E-state index in [2.05, 4.69) is 16.8 Å². The molecule has 1 atom stereocenters. The quantitative estimate of drug-likeness (QED) is 0.886. The zero-order valence-corrected chi connectivity index (χ0v) is 11.6. The summed E-state index contributed by atoms with van der Waals surface area (Å²) >= 11 is 0. The van der Waals surface area contributed by atoms with E-state index in [0.717, 1.165) is 31.7 Å². The zero-order chi connectivity index (χ0) is 13.8. The van der Waals surface area contributed by atoms with Crippen LogP contribution in [0.3, 0.4) is 0 Å². The molecule has 5 heteroatoms. The fraction of sp³-hybridized carbons (Fsp3) is 0.571. The van der Waals surface area contributed by atoms with Crippen molar-refractivity contribution in [1.82, 2.24) is 9.80 Å². The molecule has 0 saturated carbocycles. The van der Waals surface area contributed by atoms with Crippen LogP contribution >= 0.6 is 0 Å². The molecule has 0 radical (unpaired) electrons. The fourth-order valence-electron chi connectivity index (χ4n) is 2.52. The molecule has 19 heavy (non-hydrogen) atoms.